The first kappa shape index (κ1) is 34.8. The number of carbonyl (C=O) groups is 2. The van der Waals surface area contributed by atoms with Gasteiger partial charge < -0.3 is 43.7 Å². The van der Waals surface area contributed by atoms with Gasteiger partial charge in [0.2, 0.25) is 0 Å². The molecule has 0 fully saturated rings. The summed E-state index contributed by atoms with van der Waals surface area (Å²) in [6, 6.07) is 13.0. The highest BCUT2D eigenvalue weighted by Gasteiger charge is 2.22. The highest BCUT2D eigenvalue weighted by molar-refractivity contribution is 5.76. The van der Waals surface area contributed by atoms with E-state index in [1.807, 2.05) is 0 Å². The van der Waals surface area contributed by atoms with Gasteiger partial charge in [0.25, 0.3) is 0 Å². The number of methoxy groups -OCH3 is 3. The Morgan fingerprint density at radius 2 is 0.875 bits per heavy atom. The number of ether oxygens (including phenoxy) is 6. The summed E-state index contributed by atoms with van der Waals surface area (Å²) in [6.07, 6.45) is -2.38. The molecule has 0 spiro atoms. The fourth-order valence-electron chi connectivity index (χ4n) is 4.33. The SMILES string of the molecule is C=C(OC)C(C)Oc1ccc(-c2nc(-c3ccc(OC(C)C(=O)OC)cc3O)nc(-c3ccc(OC(C)C(=O)OC)cc3O)n2)c(O)c1. The van der Waals surface area contributed by atoms with Gasteiger partial charge in [-0.3, -0.25) is 0 Å². The number of phenols is 3. The lowest BCUT2D eigenvalue weighted by Gasteiger charge is -2.17. The molecule has 3 aromatic carbocycles. The van der Waals surface area contributed by atoms with Gasteiger partial charge in [-0.15, -0.1) is 0 Å². The Hall–Kier alpha value is -6.05. The van der Waals surface area contributed by atoms with Gasteiger partial charge in [0.15, 0.2) is 35.8 Å². The van der Waals surface area contributed by atoms with Gasteiger partial charge in [-0.05, 0) is 57.2 Å². The first-order valence-electron chi connectivity index (χ1n) is 14.5. The molecule has 48 heavy (non-hydrogen) atoms. The fourth-order valence-corrected chi connectivity index (χ4v) is 4.33. The van der Waals surface area contributed by atoms with Crippen LogP contribution in [0.4, 0.5) is 0 Å². The van der Waals surface area contributed by atoms with Crippen LogP contribution in [-0.4, -0.2) is 81.9 Å². The monoisotopic (exact) mass is 661 g/mol. The summed E-state index contributed by atoms with van der Waals surface area (Å²) in [7, 11) is 3.94. The number of rotatable bonds is 13. The average molecular weight is 662 g/mol. The standard InChI is InChI=1S/C34H35N3O11/c1-17(43-5)18(2)46-21-8-11-24(27(38)14-21)30-35-31(25-12-9-22(15-28(25)39)47-19(3)33(41)44-6)37-32(36-30)26-13-10-23(16-29(26)40)48-20(4)34(42)45-7/h8-16,18-20,38-40H,1H2,2-7H3. The molecule has 0 bridgehead atoms. The molecule has 1 aromatic heterocycles. The topological polar surface area (TPSA) is 189 Å². The number of aromatic hydroxyl groups is 3. The Bertz CT molecular complexity index is 1610. The number of esters is 2. The maximum absolute atomic E-state index is 11.8. The number of hydrogen-bond acceptors (Lipinski definition) is 14. The van der Waals surface area contributed by atoms with Gasteiger partial charge in [-0.2, -0.15) is 0 Å². The van der Waals surface area contributed by atoms with Crippen LogP contribution in [0.3, 0.4) is 0 Å². The normalized spacial score (nSPS) is 12.6. The van der Waals surface area contributed by atoms with Crippen molar-refractivity contribution in [1.82, 2.24) is 15.0 Å². The molecule has 14 heteroatoms. The summed E-state index contributed by atoms with van der Waals surface area (Å²) < 4.78 is 31.4. The van der Waals surface area contributed by atoms with Crippen molar-refractivity contribution in [2.24, 2.45) is 0 Å². The van der Waals surface area contributed by atoms with Crippen LogP contribution in [0.5, 0.6) is 34.5 Å². The van der Waals surface area contributed by atoms with Gasteiger partial charge in [0.1, 0.15) is 40.3 Å². The highest BCUT2D eigenvalue weighted by Crippen LogP contribution is 2.38. The van der Waals surface area contributed by atoms with Crippen molar-refractivity contribution >= 4 is 11.9 Å². The van der Waals surface area contributed by atoms with E-state index in [0.717, 1.165) is 0 Å². The van der Waals surface area contributed by atoms with E-state index in [1.54, 1.807) is 13.0 Å². The number of hydrogen-bond donors (Lipinski definition) is 3. The quantitative estimate of drug-likeness (QED) is 0.131. The zero-order valence-electron chi connectivity index (χ0n) is 27.1. The van der Waals surface area contributed by atoms with Crippen molar-refractivity contribution in [3.63, 3.8) is 0 Å². The third-order valence-electron chi connectivity index (χ3n) is 6.99. The molecule has 4 aromatic rings. The van der Waals surface area contributed by atoms with E-state index in [0.29, 0.717) is 11.5 Å². The van der Waals surface area contributed by atoms with E-state index in [9.17, 15) is 24.9 Å². The number of nitrogens with zero attached hydrogens (tertiary/aromatic N) is 3. The van der Waals surface area contributed by atoms with Crippen molar-refractivity contribution in [3.8, 4) is 68.7 Å². The van der Waals surface area contributed by atoms with E-state index >= 15 is 0 Å². The fraction of sp³-hybridized carbons (Fsp3) is 0.265. The van der Waals surface area contributed by atoms with Crippen molar-refractivity contribution in [2.45, 2.75) is 39.1 Å². The van der Waals surface area contributed by atoms with Gasteiger partial charge in [-0.1, -0.05) is 6.58 Å². The summed E-state index contributed by atoms with van der Waals surface area (Å²) >= 11 is 0. The Kier molecular flexibility index (Phi) is 10.9. The van der Waals surface area contributed by atoms with Gasteiger partial charge >= 0.3 is 11.9 Å². The molecular weight excluding hydrogens is 626 g/mol. The molecule has 3 N–H and O–H groups in total. The van der Waals surface area contributed by atoms with Crippen molar-refractivity contribution in [2.75, 3.05) is 21.3 Å². The van der Waals surface area contributed by atoms with E-state index in [4.69, 9.17) is 18.9 Å². The van der Waals surface area contributed by atoms with E-state index < -0.39 is 30.3 Å². The van der Waals surface area contributed by atoms with Gasteiger partial charge in [0, 0.05) is 18.2 Å². The predicted octanol–water partition coefficient (Wildman–Crippen LogP) is 4.80. The molecular formula is C34H35N3O11. The average Bonchev–Trinajstić information content (AvgIpc) is 3.06. The molecule has 0 amide bonds. The summed E-state index contributed by atoms with van der Waals surface area (Å²) in [4.78, 5) is 37.1. The third kappa shape index (κ3) is 8.02. The van der Waals surface area contributed by atoms with Crippen LogP contribution in [0, 0.1) is 0 Å². The maximum atomic E-state index is 11.8. The lowest BCUT2D eigenvalue weighted by atomic mass is 10.1. The second kappa shape index (κ2) is 15.0. The molecule has 0 radical (unpaired) electrons. The first-order chi connectivity index (χ1) is 22.8. The molecule has 3 atom stereocenters. The first-order valence-corrected chi connectivity index (χ1v) is 14.5. The second-order valence-corrected chi connectivity index (χ2v) is 10.3. The largest absolute Gasteiger partial charge is 0.507 e. The molecule has 1 heterocycles. The van der Waals surface area contributed by atoms with Crippen molar-refractivity contribution < 1.29 is 53.3 Å². The molecule has 3 unspecified atom stereocenters. The molecule has 4 rings (SSSR count). The third-order valence-corrected chi connectivity index (χ3v) is 6.99. The zero-order valence-corrected chi connectivity index (χ0v) is 27.1. The van der Waals surface area contributed by atoms with Gasteiger partial charge in [-0.25, -0.2) is 24.5 Å². The van der Waals surface area contributed by atoms with Crippen molar-refractivity contribution in [1.29, 1.82) is 0 Å². The Balaban J connectivity index is 1.79. The molecule has 0 aliphatic heterocycles. The summed E-state index contributed by atoms with van der Waals surface area (Å²) in [5.41, 5.74) is 0.481. The zero-order chi connectivity index (χ0) is 35.1. The van der Waals surface area contributed by atoms with E-state index in [1.165, 1.54) is 83.7 Å². The molecule has 14 nitrogen and oxygen atoms in total. The predicted molar refractivity (Wildman–Crippen MR) is 172 cm³/mol. The second-order valence-electron chi connectivity index (χ2n) is 10.3. The van der Waals surface area contributed by atoms with E-state index in [2.05, 4.69) is 31.0 Å². The molecule has 0 saturated heterocycles. The lowest BCUT2D eigenvalue weighted by molar-refractivity contribution is -0.148. The Morgan fingerprint density at radius 1 is 0.562 bits per heavy atom. The number of carbonyl (C=O) groups excluding carboxylic acids is 2. The minimum absolute atomic E-state index is 0.00789. The smallest absolute Gasteiger partial charge is 0.346 e. The van der Waals surface area contributed by atoms with Crippen LogP contribution in [0.2, 0.25) is 0 Å². The number of aromatic nitrogens is 3. The van der Waals surface area contributed by atoms with Crippen molar-refractivity contribution in [3.05, 3.63) is 66.9 Å². The number of phenolic OH excluding ortho intramolecular Hbond substituents is 3. The minimum Gasteiger partial charge on any atom is -0.507 e. The lowest BCUT2D eigenvalue weighted by Crippen LogP contribution is -2.24. The maximum Gasteiger partial charge on any atom is 0.346 e. The molecule has 0 saturated carbocycles. The molecule has 0 aliphatic rings. The van der Waals surface area contributed by atoms with Crippen LogP contribution in [0.25, 0.3) is 34.2 Å². The molecule has 252 valence electrons. The summed E-state index contributed by atoms with van der Waals surface area (Å²) in [6.45, 7) is 8.51. The number of benzene rings is 3. The van der Waals surface area contributed by atoms with Crippen LogP contribution in [0.1, 0.15) is 20.8 Å². The van der Waals surface area contributed by atoms with E-state index in [-0.39, 0.29) is 62.9 Å². The summed E-state index contributed by atoms with van der Waals surface area (Å²) in [5.74, 6) is -1.02. The van der Waals surface area contributed by atoms with Crippen LogP contribution < -0.4 is 14.2 Å². The van der Waals surface area contributed by atoms with Crippen LogP contribution in [-0.2, 0) is 23.8 Å². The van der Waals surface area contributed by atoms with Crippen LogP contribution in [0.15, 0.2) is 66.9 Å². The Labute approximate surface area is 276 Å². The highest BCUT2D eigenvalue weighted by atomic mass is 16.6. The Morgan fingerprint density at radius 3 is 1.15 bits per heavy atom. The molecule has 0 aliphatic carbocycles. The van der Waals surface area contributed by atoms with Crippen LogP contribution >= 0.6 is 0 Å². The summed E-state index contributed by atoms with van der Waals surface area (Å²) in [5, 5.41) is 33.0. The van der Waals surface area contributed by atoms with Gasteiger partial charge in [0.05, 0.1) is 38.0 Å². The minimum atomic E-state index is -0.938.